The van der Waals surface area contributed by atoms with E-state index in [0.29, 0.717) is 0 Å². The fourth-order valence-electron chi connectivity index (χ4n) is 2.23. The number of benzene rings is 1. The van der Waals surface area contributed by atoms with Crippen molar-refractivity contribution in [3.05, 3.63) is 30.3 Å². The molecule has 2 heteroatoms. The van der Waals surface area contributed by atoms with Gasteiger partial charge in [-0.1, -0.05) is 18.2 Å². The topological polar surface area (TPSA) is 15.3 Å². The van der Waals surface area contributed by atoms with Gasteiger partial charge in [0.15, 0.2) is 0 Å². The van der Waals surface area contributed by atoms with Crippen molar-refractivity contribution in [3.63, 3.8) is 0 Å². The molecule has 0 radical (unpaired) electrons. The van der Waals surface area contributed by atoms with Crippen LogP contribution in [0.5, 0.6) is 0 Å². The number of hydrogen-bond acceptors (Lipinski definition) is 2. The van der Waals surface area contributed by atoms with Gasteiger partial charge in [0.25, 0.3) is 0 Å². The highest BCUT2D eigenvalue weighted by atomic mass is 15.2. The number of nitrogens with one attached hydrogen (secondary N) is 1. The molecule has 2 rings (SSSR count). The zero-order valence-electron chi connectivity index (χ0n) is 9.66. The number of rotatable bonds is 1. The van der Waals surface area contributed by atoms with E-state index >= 15 is 0 Å². The molecule has 1 aromatic rings. The van der Waals surface area contributed by atoms with Crippen LogP contribution in [0.25, 0.3) is 0 Å². The lowest BCUT2D eigenvalue weighted by molar-refractivity contribution is 0.454. The predicted molar refractivity (Wildman–Crippen MR) is 65.4 cm³/mol. The molecule has 0 spiro atoms. The van der Waals surface area contributed by atoms with Crippen molar-refractivity contribution in [2.45, 2.75) is 25.8 Å². The highest BCUT2D eigenvalue weighted by Crippen LogP contribution is 2.26. The summed E-state index contributed by atoms with van der Waals surface area (Å²) in [4.78, 5) is 2.51. The Kier molecular flexibility index (Phi) is 2.96. The molecular formula is C13H20N2. The van der Waals surface area contributed by atoms with Crippen LogP contribution in [-0.4, -0.2) is 25.2 Å². The van der Waals surface area contributed by atoms with E-state index in [-0.39, 0.29) is 5.54 Å². The van der Waals surface area contributed by atoms with Crippen LogP contribution < -0.4 is 10.2 Å². The van der Waals surface area contributed by atoms with Gasteiger partial charge in [0.2, 0.25) is 0 Å². The van der Waals surface area contributed by atoms with Crippen LogP contribution in [0.3, 0.4) is 0 Å². The summed E-state index contributed by atoms with van der Waals surface area (Å²) >= 11 is 0. The van der Waals surface area contributed by atoms with Crippen LogP contribution in [0, 0.1) is 0 Å². The zero-order valence-corrected chi connectivity index (χ0v) is 9.66. The van der Waals surface area contributed by atoms with Crippen molar-refractivity contribution >= 4 is 5.69 Å². The summed E-state index contributed by atoms with van der Waals surface area (Å²) in [5, 5.41) is 3.46. The van der Waals surface area contributed by atoms with Crippen LogP contribution in [0.2, 0.25) is 0 Å². The first kappa shape index (κ1) is 10.5. The normalized spacial score (nSPS) is 21.1. The van der Waals surface area contributed by atoms with Crippen LogP contribution in [0.1, 0.15) is 20.3 Å². The Morgan fingerprint density at radius 1 is 1.13 bits per heavy atom. The van der Waals surface area contributed by atoms with E-state index in [1.807, 2.05) is 0 Å². The minimum Gasteiger partial charge on any atom is -0.365 e. The first-order valence-electron chi connectivity index (χ1n) is 5.73. The maximum absolute atomic E-state index is 3.46. The molecule has 1 aliphatic rings. The van der Waals surface area contributed by atoms with Gasteiger partial charge in [-0.05, 0) is 38.9 Å². The SMILES string of the molecule is CC1(C)CCNCCN1c1ccccc1. The maximum Gasteiger partial charge on any atom is 0.0371 e. The summed E-state index contributed by atoms with van der Waals surface area (Å²) in [6, 6.07) is 10.7. The number of hydrogen-bond donors (Lipinski definition) is 1. The van der Waals surface area contributed by atoms with E-state index in [1.54, 1.807) is 0 Å². The Morgan fingerprint density at radius 2 is 1.87 bits per heavy atom. The van der Waals surface area contributed by atoms with Crippen molar-refractivity contribution in [1.29, 1.82) is 0 Å². The van der Waals surface area contributed by atoms with E-state index in [2.05, 4.69) is 54.4 Å². The molecule has 1 fully saturated rings. The summed E-state index contributed by atoms with van der Waals surface area (Å²) in [6.45, 7) is 7.95. The fraction of sp³-hybridized carbons (Fsp3) is 0.538. The number of anilines is 1. The minimum atomic E-state index is 0.255. The van der Waals surface area contributed by atoms with E-state index in [4.69, 9.17) is 0 Å². The molecular weight excluding hydrogens is 184 g/mol. The van der Waals surface area contributed by atoms with Gasteiger partial charge in [-0.2, -0.15) is 0 Å². The molecule has 1 N–H and O–H groups in total. The zero-order chi connectivity index (χ0) is 10.7. The Balaban J connectivity index is 2.25. The number of para-hydroxylation sites is 1. The first-order valence-corrected chi connectivity index (χ1v) is 5.73. The summed E-state index contributed by atoms with van der Waals surface area (Å²) in [5.74, 6) is 0. The Hall–Kier alpha value is -1.02. The molecule has 1 heterocycles. The Bertz CT molecular complexity index is 306. The van der Waals surface area contributed by atoms with Gasteiger partial charge in [0.1, 0.15) is 0 Å². The monoisotopic (exact) mass is 204 g/mol. The van der Waals surface area contributed by atoms with Crippen LogP contribution >= 0.6 is 0 Å². The second-order valence-corrected chi connectivity index (χ2v) is 4.80. The smallest absolute Gasteiger partial charge is 0.0371 e. The van der Waals surface area contributed by atoms with Gasteiger partial charge in [0.05, 0.1) is 0 Å². The van der Waals surface area contributed by atoms with Gasteiger partial charge >= 0.3 is 0 Å². The Labute approximate surface area is 92.3 Å². The quantitative estimate of drug-likeness (QED) is 0.755. The molecule has 1 saturated heterocycles. The molecule has 0 atom stereocenters. The van der Waals surface area contributed by atoms with Crippen molar-refractivity contribution in [2.24, 2.45) is 0 Å². The van der Waals surface area contributed by atoms with Crippen LogP contribution in [0.4, 0.5) is 5.69 Å². The van der Waals surface area contributed by atoms with Gasteiger partial charge in [0, 0.05) is 24.3 Å². The average Bonchev–Trinajstić information content (AvgIpc) is 2.40. The van der Waals surface area contributed by atoms with Crippen molar-refractivity contribution in [2.75, 3.05) is 24.5 Å². The van der Waals surface area contributed by atoms with E-state index < -0.39 is 0 Å². The van der Waals surface area contributed by atoms with Gasteiger partial charge in [-0.3, -0.25) is 0 Å². The molecule has 2 nitrogen and oxygen atoms in total. The maximum atomic E-state index is 3.46. The lowest BCUT2D eigenvalue weighted by atomic mass is 9.98. The molecule has 1 aromatic carbocycles. The van der Waals surface area contributed by atoms with E-state index in [1.165, 1.54) is 12.1 Å². The van der Waals surface area contributed by atoms with Crippen molar-refractivity contribution in [3.8, 4) is 0 Å². The third-order valence-corrected chi connectivity index (χ3v) is 3.22. The van der Waals surface area contributed by atoms with Gasteiger partial charge in [-0.15, -0.1) is 0 Å². The molecule has 0 aromatic heterocycles. The fourth-order valence-corrected chi connectivity index (χ4v) is 2.23. The highest BCUT2D eigenvalue weighted by Gasteiger charge is 2.27. The summed E-state index contributed by atoms with van der Waals surface area (Å²) < 4.78 is 0. The van der Waals surface area contributed by atoms with Crippen LogP contribution in [0.15, 0.2) is 30.3 Å². The lowest BCUT2D eigenvalue weighted by Gasteiger charge is -2.38. The highest BCUT2D eigenvalue weighted by molar-refractivity contribution is 5.48. The molecule has 0 aliphatic carbocycles. The van der Waals surface area contributed by atoms with Crippen molar-refractivity contribution in [1.82, 2.24) is 5.32 Å². The van der Waals surface area contributed by atoms with Gasteiger partial charge in [-0.25, -0.2) is 0 Å². The summed E-state index contributed by atoms with van der Waals surface area (Å²) in [7, 11) is 0. The standard InChI is InChI=1S/C13H20N2/c1-13(2)8-9-14-10-11-15(13)12-6-4-3-5-7-12/h3-7,14H,8-11H2,1-2H3. The Morgan fingerprint density at radius 3 is 2.60 bits per heavy atom. The molecule has 0 bridgehead atoms. The third kappa shape index (κ3) is 2.32. The molecule has 82 valence electrons. The predicted octanol–water partition coefficient (Wildman–Crippen LogP) is 2.26. The largest absolute Gasteiger partial charge is 0.365 e. The second-order valence-electron chi connectivity index (χ2n) is 4.80. The third-order valence-electron chi connectivity index (χ3n) is 3.22. The molecule has 0 saturated carbocycles. The number of nitrogens with zero attached hydrogens (tertiary/aromatic N) is 1. The second kappa shape index (κ2) is 4.23. The first-order chi connectivity index (χ1) is 7.20. The summed E-state index contributed by atoms with van der Waals surface area (Å²) in [6.07, 6.45) is 1.20. The molecule has 0 amide bonds. The van der Waals surface area contributed by atoms with Crippen molar-refractivity contribution < 1.29 is 0 Å². The average molecular weight is 204 g/mol. The van der Waals surface area contributed by atoms with Crippen LogP contribution in [-0.2, 0) is 0 Å². The lowest BCUT2D eigenvalue weighted by Crippen LogP contribution is -2.44. The van der Waals surface area contributed by atoms with E-state index in [9.17, 15) is 0 Å². The summed E-state index contributed by atoms with van der Waals surface area (Å²) in [5.41, 5.74) is 1.59. The molecule has 15 heavy (non-hydrogen) atoms. The minimum absolute atomic E-state index is 0.255. The van der Waals surface area contributed by atoms with E-state index in [0.717, 1.165) is 19.6 Å². The molecule has 0 unspecified atom stereocenters. The molecule has 1 aliphatic heterocycles. The van der Waals surface area contributed by atoms with Gasteiger partial charge < -0.3 is 10.2 Å².